The van der Waals surface area contributed by atoms with Gasteiger partial charge in [-0.2, -0.15) is 13.2 Å². The smallest absolute Gasteiger partial charge is 0.326 e. The monoisotopic (exact) mass is 404 g/mol. The predicted octanol–water partition coefficient (Wildman–Crippen LogP) is 5.28. The van der Waals surface area contributed by atoms with Gasteiger partial charge >= 0.3 is 6.18 Å². The quantitative estimate of drug-likeness (QED) is 0.740. The Morgan fingerprint density at radius 3 is 2.41 bits per heavy atom. The van der Waals surface area contributed by atoms with E-state index in [9.17, 15) is 22.8 Å². The minimum absolute atomic E-state index is 0.176. The first-order chi connectivity index (χ1) is 13.5. The number of aryl methyl sites for hydroxylation is 1. The minimum Gasteiger partial charge on any atom is -0.326 e. The van der Waals surface area contributed by atoms with Crippen molar-refractivity contribution in [3.63, 3.8) is 0 Å². The maximum atomic E-state index is 13.1. The van der Waals surface area contributed by atoms with Crippen LogP contribution in [-0.2, 0) is 17.4 Å². The highest BCUT2D eigenvalue weighted by molar-refractivity contribution is 6.07. The fourth-order valence-corrected chi connectivity index (χ4v) is 3.19. The molecule has 29 heavy (non-hydrogen) atoms. The van der Waals surface area contributed by atoms with Crippen molar-refractivity contribution in [2.75, 3.05) is 16.8 Å². The number of hydrogen-bond acceptors (Lipinski definition) is 2. The van der Waals surface area contributed by atoms with Crippen LogP contribution >= 0.6 is 0 Å². The van der Waals surface area contributed by atoms with Gasteiger partial charge in [-0.1, -0.05) is 26.8 Å². The molecule has 0 saturated heterocycles. The van der Waals surface area contributed by atoms with E-state index < -0.39 is 17.2 Å². The number of alkyl halides is 3. The Kier molecular flexibility index (Phi) is 5.43. The zero-order valence-corrected chi connectivity index (χ0v) is 16.6. The lowest BCUT2D eigenvalue weighted by Crippen LogP contribution is -2.35. The second-order valence-electron chi connectivity index (χ2n) is 8.19. The van der Waals surface area contributed by atoms with Crippen molar-refractivity contribution < 1.29 is 22.8 Å². The van der Waals surface area contributed by atoms with Gasteiger partial charge in [0, 0.05) is 28.9 Å². The van der Waals surface area contributed by atoms with Crippen molar-refractivity contribution in [2.24, 2.45) is 5.41 Å². The number of amides is 2. The Balaban J connectivity index is 1.87. The topological polar surface area (TPSA) is 49.4 Å². The van der Waals surface area contributed by atoms with Crippen molar-refractivity contribution in [3.8, 4) is 0 Å². The lowest BCUT2D eigenvalue weighted by atomic mass is 9.95. The summed E-state index contributed by atoms with van der Waals surface area (Å²) in [4.78, 5) is 26.8. The second kappa shape index (κ2) is 7.54. The summed E-state index contributed by atoms with van der Waals surface area (Å²) >= 11 is 0. The number of carbonyl (C=O) groups excluding carboxylic acids is 2. The van der Waals surface area contributed by atoms with Crippen molar-refractivity contribution in [3.05, 3.63) is 59.2 Å². The van der Waals surface area contributed by atoms with Crippen LogP contribution in [-0.4, -0.2) is 18.4 Å². The van der Waals surface area contributed by atoms with Crippen LogP contribution in [0.4, 0.5) is 24.5 Å². The summed E-state index contributed by atoms with van der Waals surface area (Å²) in [6, 6.07) is 10.1. The van der Waals surface area contributed by atoms with Crippen molar-refractivity contribution >= 4 is 23.2 Å². The molecular weight excluding hydrogens is 381 g/mol. The number of carbonyl (C=O) groups is 2. The first-order valence-corrected chi connectivity index (χ1v) is 9.40. The van der Waals surface area contributed by atoms with Crippen LogP contribution in [0, 0.1) is 5.41 Å². The normalized spacial score (nSPS) is 14.3. The molecule has 1 heterocycles. The Labute approximate surface area is 167 Å². The summed E-state index contributed by atoms with van der Waals surface area (Å²) < 4.78 is 39.0. The van der Waals surface area contributed by atoms with Crippen LogP contribution in [0.2, 0.25) is 0 Å². The molecule has 0 saturated carbocycles. The number of nitrogens with one attached hydrogen (secondary N) is 1. The Bertz CT molecular complexity index is 946. The van der Waals surface area contributed by atoms with Crippen molar-refractivity contribution in [1.29, 1.82) is 0 Å². The molecule has 0 aromatic heterocycles. The van der Waals surface area contributed by atoms with Crippen LogP contribution in [0.5, 0.6) is 0 Å². The standard InChI is InChI=1S/C22H23F3N2O2/c1-21(2,3)20(29)26-17-8-4-6-15(13-17)19(28)27-11-5-7-14-12-16(22(23,24)25)9-10-18(14)27/h4,6,8-10,12-13H,5,7,11H2,1-3H3,(H,26,29). The molecule has 1 N–H and O–H groups in total. The molecule has 0 bridgehead atoms. The van der Waals surface area contributed by atoms with E-state index in [1.165, 1.54) is 11.0 Å². The van der Waals surface area contributed by atoms with E-state index in [2.05, 4.69) is 5.32 Å². The third-order valence-electron chi connectivity index (χ3n) is 4.82. The Morgan fingerprint density at radius 2 is 1.76 bits per heavy atom. The molecule has 154 valence electrons. The maximum absolute atomic E-state index is 13.1. The van der Waals surface area contributed by atoms with Gasteiger partial charge < -0.3 is 10.2 Å². The molecule has 1 aliphatic rings. The highest BCUT2D eigenvalue weighted by atomic mass is 19.4. The van der Waals surface area contributed by atoms with Crippen molar-refractivity contribution in [2.45, 2.75) is 39.8 Å². The van der Waals surface area contributed by atoms with E-state index in [1.807, 2.05) is 0 Å². The van der Waals surface area contributed by atoms with Gasteiger partial charge in [0.1, 0.15) is 0 Å². The summed E-state index contributed by atoms with van der Waals surface area (Å²) in [6.07, 6.45) is -3.34. The molecule has 0 radical (unpaired) electrons. The third kappa shape index (κ3) is 4.60. The van der Waals surface area contributed by atoms with E-state index in [-0.39, 0.29) is 11.8 Å². The Morgan fingerprint density at radius 1 is 1.03 bits per heavy atom. The Hall–Kier alpha value is -2.83. The predicted molar refractivity (Wildman–Crippen MR) is 106 cm³/mol. The van der Waals surface area contributed by atoms with E-state index in [0.29, 0.717) is 41.9 Å². The molecule has 1 aliphatic heterocycles. The molecule has 2 aromatic carbocycles. The SMILES string of the molecule is CC(C)(C)C(=O)Nc1cccc(C(=O)N2CCCc3cc(C(F)(F)F)ccc32)c1. The second-order valence-corrected chi connectivity index (χ2v) is 8.19. The van der Waals surface area contributed by atoms with Gasteiger partial charge in [0.25, 0.3) is 5.91 Å². The fourth-order valence-electron chi connectivity index (χ4n) is 3.19. The van der Waals surface area contributed by atoms with Crippen molar-refractivity contribution in [1.82, 2.24) is 0 Å². The summed E-state index contributed by atoms with van der Waals surface area (Å²) in [5, 5.41) is 2.79. The average Bonchev–Trinajstić information content (AvgIpc) is 2.65. The zero-order valence-electron chi connectivity index (χ0n) is 16.6. The maximum Gasteiger partial charge on any atom is 0.416 e. The van der Waals surface area contributed by atoms with E-state index in [1.54, 1.807) is 45.0 Å². The molecule has 4 nitrogen and oxygen atoms in total. The van der Waals surface area contributed by atoms with Crippen LogP contribution in [0.15, 0.2) is 42.5 Å². The van der Waals surface area contributed by atoms with Crippen LogP contribution in [0.25, 0.3) is 0 Å². The number of anilines is 2. The number of fused-ring (bicyclic) bond motifs is 1. The lowest BCUT2D eigenvalue weighted by molar-refractivity contribution is -0.137. The fraction of sp³-hybridized carbons (Fsp3) is 0.364. The number of nitrogens with zero attached hydrogens (tertiary/aromatic N) is 1. The molecule has 0 atom stereocenters. The molecule has 0 aliphatic carbocycles. The van der Waals surface area contributed by atoms with Crippen LogP contribution < -0.4 is 10.2 Å². The van der Waals surface area contributed by atoms with E-state index in [0.717, 1.165) is 12.1 Å². The zero-order chi connectivity index (χ0) is 21.4. The van der Waals surface area contributed by atoms with E-state index in [4.69, 9.17) is 0 Å². The average molecular weight is 404 g/mol. The third-order valence-corrected chi connectivity index (χ3v) is 4.82. The largest absolute Gasteiger partial charge is 0.416 e. The molecule has 0 unspecified atom stereocenters. The van der Waals surface area contributed by atoms with Gasteiger partial charge in [0.2, 0.25) is 5.91 Å². The number of benzene rings is 2. The number of halogens is 3. The van der Waals surface area contributed by atoms with Gasteiger partial charge in [-0.05, 0) is 54.8 Å². The number of rotatable bonds is 2. The molecule has 3 rings (SSSR count). The molecular formula is C22H23F3N2O2. The molecule has 0 spiro atoms. The highest BCUT2D eigenvalue weighted by Crippen LogP contribution is 2.35. The van der Waals surface area contributed by atoms with Gasteiger partial charge in [-0.25, -0.2) is 0 Å². The summed E-state index contributed by atoms with van der Waals surface area (Å²) in [6.45, 7) is 5.79. The summed E-state index contributed by atoms with van der Waals surface area (Å²) in [7, 11) is 0. The lowest BCUT2D eigenvalue weighted by Gasteiger charge is -2.30. The van der Waals surface area contributed by atoms with Gasteiger partial charge in [0.15, 0.2) is 0 Å². The number of hydrogen-bond donors (Lipinski definition) is 1. The van der Waals surface area contributed by atoms with E-state index >= 15 is 0 Å². The van der Waals surface area contributed by atoms with Gasteiger partial charge in [0.05, 0.1) is 5.56 Å². The molecule has 2 aromatic rings. The molecule has 2 amide bonds. The molecule has 7 heteroatoms. The summed E-state index contributed by atoms with van der Waals surface area (Å²) in [5.41, 5.74) is 0.583. The molecule has 0 fully saturated rings. The van der Waals surface area contributed by atoms with Gasteiger partial charge in [-0.15, -0.1) is 0 Å². The van der Waals surface area contributed by atoms with Crippen LogP contribution in [0.3, 0.4) is 0 Å². The summed E-state index contributed by atoms with van der Waals surface area (Å²) in [5.74, 6) is -0.484. The first kappa shape index (κ1) is 20.9. The van der Waals surface area contributed by atoms with Gasteiger partial charge in [-0.3, -0.25) is 9.59 Å². The minimum atomic E-state index is -4.42. The highest BCUT2D eigenvalue weighted by Gasteiger charge is 2.33. The first-order valence-electron chi connectivity index (χ1n) is 9.40. The van der Waals surface area contributed by atoms with Crippen LogP contribution in [0.1, 0.15) is 48.7 Å².